The maximum Gasteiger partial charge on any atom is 0.316 e. The van der Waals surface area contributed by atoms with Gasteiger partial charge in [0.15, 0.2) is 5.82 Å². The highest BCUT2D eigenvalue weighted by Gasteiger charge is 2.38. The summed E-state index contributed by atoms with van der Waals surface area (Å²) in [7, 11) is 3.22. The number of halogens is 2. The number of carbonyl (C=O) groups excluding carboxylic acids is 1. The summed E-state index contributed by atoms with van der Waals surface area (Å²) < 4.78 is 39.3. The van der Waals surface area contributed by atoms with Gasteiger partial charge in [-0.3, -0.25) is 4.79 Å². The quantitative estimate of drug-likeness (QED) is 0.409. The molecule has 1 atom stereocenters. The minimum Gasteiger partial charge on any atom is -0.481 e. The Morgan fingerprint density at radius 1 is 1.33 bits per heavy atom. The monoisotopic (exact) mass is 494 g/mol. The van der Waals surface area contributed by atoms with Gasteiger partial charge in [-0.15, -0.1) is 0 Å². The van der Waals surface area contributed by atoms with Crippen LogP contribution >= 0.6 is 0 Å². The Morgan fingerprint density at radius 2 is 2.11 bits per heavy atom. The Hall–Kier alpha value is -4.73. The second kappa shape index (κ2) is 9.49. The van der Waals surface area contributed by atoms with Crippen molar-refractivity contribution in [1.29, 1.82) is 5.26 Å². The first kappa shape index (κ1) is 24.4. The van der Waals surface area contributed by atoms with Crippen molar-refractivity contribution in [2.45, 2.75) is 19.3 Å². The van der Waals surface area contributed by atoms with Gasteiger partial charge in [-0.2, -0.15) is 15.3 Å². The molecule has 1 unspecified atom stereocenters. The summed E-state index contributed by atoms with van der Waals surface area (Å²) in [5.74, 6) is -2.93. The highest BCUT2D eigenvalue weighted by atomic mass is 19.1. The number of methoxy groups -OCH3 is 1. The number of nitriles is 1. The number of amides is 1. The maximum atomic E-state index is 14.0. The minimum absolute atomic E-state index is 0.0303. The Bertz CT molecular complexity index is 1490. The van der Waals surface area contributed by atoms with E-state index in [0.717, 1.165) is 6.20 Å². The summed E-state index contributed by atoms with van der Waals surface area (Å²) in [6.07, 6.45) is 0.798. The molecule has 0 fully saturated rings. The molecule has 4 rings (SSSR count). The number of aryl methyl sites for hydroxylation is 2. The zero-order chi connectivity index (χ0) is 26.0. The van der Waals surface area contributed by atoms with Gasteiger partial charge in [0.05, 0.1) is 35.7 Å². The molecule has 0 aliphatic rings. The third kappa shape index (κ3) is 4.36. The van der Waals surface area contributed by atoms with Crippen LogP contribution in [-0.2, 0) is 12.5 Å². The van der Waals surface area contributed by atoms with Crippen molar-refractivity contribution in [2.24, 2.45) is 7.05 Å². The van der Waals surface area contributed by atoms with Crippen molar-refractivity contribution in [3.8, 4) is 23.5 Å². The van der Waals surface area contributed by atoms with Crippen molar-refractivity contribution in [2.75, 3.05) is 13.7 Å². The van der Waals surface area contributed by atoms with Crippen LogP contribution in [0.15, 0.2) is 35.0 Å². The lowest BCUT2D eigenvalue weighted by Crippen LogP contribution is -2.41. The Balaban J connectivity index is 1.67. The van der Waals surface area contributed by atoms with Gasteiger partial charge >= 0.3 is 11.8 Å². The molecule has 11 nitrogen and oxygen atoms in total. The maximum absolute atomic E-state index is 14.0. The van der Waals surface area contributed by atoms with Crippen LogP contribution in [0, 0.1) is 29.9 Å². The molecule has 4 heterocycles. The first-order valence-electron chi connectivity index (χ1n) is 10.6. The molecule has 0 bridgehead atoms. The third-order valence-electron chi connectivity index (χ3n) is 5.59. The highest BCUT2D eigenvalue weighted by Crippen LogP contribution is 2.38. The largest absolute Gasteiger partial charge is 0.481 e. The molecule has 1 N–H and O–H groups in total. The van der Waals surface area contributed by atoms with Crippen LogP contribution in [0.5, 0.6) is 5.88 Å². The molecular weight excluding hydrogens is 474 g/mol. The van der Waals surface area contributed by atoms with Gasteiger partial charge in [0.2, 0.25) is 11.7 Å². The topological polar surface area (TPSA) is 145 Å². The first-order chi connectivity index (χ1) is 17.2. The van der Waals surface area contributed by atoms with Gasteiger partial charge in [0.25, 0.3) is 0 Å². The number of nitrogens with zero attached hydrogens (tertiary/aromatic N) is 7. The molecular formula is C23H20F2N8O3. The van der Waals surface area contributed by atoms with E-state index >= 15 is 0 Å². The second-order valence-corrected chi connectivity index (χ2v) is 8.04. The van der Waals surface area contributed by atoms with Gasteiger partial charge in [0.1, 0.15) is 23.3 Å². The fraction of sp³-hybridized carbons (Fsp3) is 0.261. The molecule has 0 aliphatic heterocycles. The number of hydrogen-bond donors (Lipinski definition) is 1. The molecule has 13 heteroatoms. The lowest BCUT2D eigenvalue weighted by atomic mass is 9.78. The predicted octanol–water partition coefficient (Wildman–Crippen LogP) is 2.46. The summed E-state index contributed by atoms with van der Waals surface area (Å²) >= 11 is 0. The molecule has 0 radical (unpaired) electrons. The van der Waals surface area contributed by atoms with Crippen LogP contribution in [-0.4, -0.2) is 49.5 Å². The molecule has 1 amide bonds. The average Bonchev–Trinajstić information content (AvgIpc) is 3.46. The van der Waals surface area contributed by atoms with Crippen LogP contribution in [0.25, 0.3) is 11.5 Å². The van der Waals surface area contributed by atoms with Crippen molar-refractivity contribution < 1.29 is 22.8 Å². The minimum atomic E-state index is -1.00. The molecule has 36 heavy (non-hydrogen) atoms. The van der Waals surface area contributed by atoms with Crippen molar-refractivity contribution in [1.82, 2.24) is 35.2 Å². The number of ether oxygens (including phenoxy) is 1. The molecule has 0 saturated heterocycles. The van der Waals surface area contributed by atoms with E-state index in [1.807, 2.05) is 13.0 Å². The van der Waals surface area contributed by atoms with Crippen molar-refractivity contribution in [3.63, 3.8) is 0 Å². The average molecular weight is 494 g/mol. The smallest absolute Gasteiger partial charge is 0.316 e. The molecule has 0 saturated carbocycles. The van der Waals surface area contributed by atoms with Crippen LogP contribution in [0.3, 0.4) is 0 Å². The van der Waals surface area contributed by atoms with E-state index in [1.54, 1.807) is 36.9 Å². The lowest BCUT2D eigenvalue weighted by Gasteiger charge is -2.30. The van der Waals surface area contributed by atoms with Gasteiger partial charge < -0.3 is 14.6 Å². The zero-order valence-electron chi connectivity index (χ0n) is 19.7. The Kier molecular flexibility index (Phi) is 6.43. The zero-order valence-corrected chi connectivity index (χ0v) is 19.7. The fourth-order valence-corrected chi connectivity index (χ4v) is 3.94. The standard InChI is InChI=1S/C23H20F2N8O3/c1-12-17(22(35-4)33(3)31-12)23(2,16-7-5-6-14(9-26)29-16)11-28-20(34)21-30-19(32-36-21)18-15(25)8-13(24)10-27-18/h5-8,10H,11H2,1-4H3,(H,28,34). The summed E-state index contributed by atoms with van der Waals surface area (Å²) in [5.41, 5.74) is 0.602. The number of aromatic nitrogens is 6. The van der Waals surface area contributed by atoms with E-state index in [0.29, 0.717) is 28.9 Å². The van der Waals surface area contributed by atoms with E-state index in [2.05, 4.69) is 30.5 Å². The van der Waals surface area contributed by atoms with E-state index < -0.39 is 28.8 Å². The Morgan fingerprint density at radius 3 is 2.81 bits per heavy atom. The van der Waals surface area contributed by atoms with Crippen LogP contribution in [0.4, 0.5) is 8.78 Å². The van der Waals surface area contributed by atoms with Gasteiger partial charge in [0, 0.05) is 19.7 Å². The van der Waals surface area contributed by atoms with E-state index in [9.17, 15) is 18.8 Å². The van der Waals surface area contributed by atoms with E-state index in [1.165, 1.54) is 7.11 Å². The number of rotatable bonds is 7. The number of nitrogens with one attached hydrogen (secondary N) is 1. The number of hydrogen-bond acceptors (Lipinski definition) is 9. The molecule has 0 spiro atoms. The van der Waals surface area contributed by atoms with Gasteiger partial charge in [-0.1, -0.05) is 11.2 Å². The highest BCUT2D eigenvalue weighted by molar-refractivity contribution is 5.90. The number of carbonyl (C=O) groups is 1. The summed E-state index contributed by atoms with van der Waals surface area (Å²) in [6.45, 7) is 3.58. The molecule has 4 aromatic heterocycles. The molecule has 0 aromatic carbocycles. The van der Waals surface area contributed by atoms with E-state index in [-0.39, 0.29) is 23.8 Å². The molecule has 4 aromatic rings. The predicted molar refractivity (Wildman–Crippen MR) is 120 cm³/mol. The summed E-state index contributed by atoms with van der Waals surface area (Å²) in [5, 5.41) is 20.1. The first-order valence-corrected chi connectivity index (χ1v) is 10.6. The fourth-order valence-electron chi connectivity index (χ4n) is 3.94. The third-order valence-corrected chi connectivity index (χ3v) is 5.59. The second-order valence-electron chi connectivity index (χ2n) is 8.04. The lowest BCUT2D eigenvalue weighted by molar-refractivity contribution is 0.0902. The van der Waals surface area contributed by atoms with Crippen molar-refractivity contribution >= 4 is 5.91 Å². The number of pyridine rings is 2. The van der Waals surface area contributed by atoms with Crippen molar-refractivity contribution in [3.05, 3.63) is 70.6 Å². The Labute approximate surface area is 203 Å². The SMILES string of the molecule is COc1c(C(C)(CNC(=O)c2nc(-c3ncc(F)cc3F)no2)c2cccc(C#N)n2)c(C)nn1C. The van der Waals surface area contributed by atoms with Crippen LogP contribution in [0.1, 0.15) is 40.3 Å². The summed E-state index contributed by atoms with van der Waals surface area (Å²) in [6, 6.07) is 7.62. The van der Waals surface area contributed by atoms with Crippen LogP contribution < -0.4 is 10.1 Å². The van der Waals surface area contributed by atoms with Gasteiger partial charge in [-0.25, -0.2) is 23.4 Å². The van der Waals surface area contributed by atoms with Crippen LogP contribution in [0.2, 0.25) is 0 Å². The molecule has 184 valence electrons. The van der Waals surface area contributed by atoms with Gasteiger partial charge in [-0.05, 0) is 26.0 Å². The summed E-state index contributed by atoms with van der Waals surface area (Å²) in [4.78, 5) is 24.8. The molecule has 0 aliphatic carbocycles. The normalized spacial score (nSPS) is 12.6. The van der Waals surface area contributed by atoms with E-state index in [4.69, 9.17) is 9.26 Å².